The Labute approximate surface area is 213 Å². The standard InChI is InChI=1S/C23H20F4N6O4S/c1-38(35,36)15-6-2-5-14(11-15)30-22-28-13-17(24)20(31-22)33(9-4-10-37-21(34)23(25,26)27)19-8-3-7-18-16(19)12-29-32-18/h2-3,5-8,11-13H,4,9-10H2,1H3,(H,29,32)(H,28,30,31). The van der Waals surface area contributed by atoms with Crippen LogP contribution in [0.5, 0.6) is 0 Å². The zero-order chi connectivity index (χ0) is 27.5. The highest BCUT2D eigenvalue weighted by Crippen LogP contribution is 2.33. The van der Waals surface area contributed by atoms with Crippen molar-refractivity contribution in [2.24, 2.45) is 0 Å². The molecule has 0 unspecified atom stereocenters. The summed E-state index contributed by atoms with van der Waals surface area (Å²) in [5.74, 6) is -3.46. The van der Waals surface area contributed by atoms with Crippen molar-refractivity contribution in [1.82, 2.24) is 20.2 Å². The molecule has 2 heterocycles. The molecule has 38 heavy (non-hydrogen) atoms. The number of aromatic amines is 1. The fraction of sp³-hybridized carbons (Fsp3) is 0.217. The summed E-state index contributed by atoms with van der Waals surface area (Å²) in [6.45, 7) is -0.668. The summed E-state index contributed by atoms with van der Waals surface area (Å²) in [6.07, 6.45) is -1.78. The van der Waals surface area contributed by atoms with Crippen LogP contribution in [0.15, 0.2) is 59.8 Å². The molecule has 4 rings (SSSR count). The van der Waals surface area contributed by atoms with E-state index < -0.39 is 34.4 Å². The van der Waals surface area contributed by atoms with E-state index in [1.54, 1.807) is 24.3 Å². The number of fused-ring (bicyclic) bond motifs is 1. The van der Waals surface area contributed by atoms with Crippen LogP contribution in [-0.4, -0.2) is 60.1 Å². The van der Waals surface area contributed by atoms with Gasteiger partial charge in [0.2, 0.25) is 5.95 Å². The van der Waals surface area contributed by atoms with Gasteiger partial charge in [0.05, 0.1) is 35.1 Å². The molecule has 2 aromatic heterocycles. The number of carbonyl (C=O) groups excluding carboxylic acids is 1. The predicted octanol–water partition coefficient (Wildman–Crippen LogP) is 4.27. The van der Waals surface area contributed by atoms with Crippen molar-refractivity contribution in [3.8, 4) is 0 Å². The normalized spacial score (nSPS) is 11.9. The molecule has 0 amide bonds. The van der Waals surface area contributed by atoms with Gasteiger partial charge in [-0.15, -0.1) is 0 Å². The highest BCUT2D eigenvalue weighted by atomic mass is 32.2. The van der Waals surface area contributed by atoms with Crippen molar-refractivity contribution in [3.63, 3.8) is 0 Å². The van der Waals surface area contributed by atoms with E-state index in [1.807, 2.05) is 0 Å². The fourth-order valence-electron chi connectivity index (χ4n) is 3.54. The summed E-state index contributed by atoms with van der Waals surface area (Å²) in [5, 5.41) is 10.2. The molecule has 2 aromatic carbocycles. The number of esters is 1. The Hall–Kier alpha value is -4.27. The molecule has 0 saturated carbocycles. The largest absolute Gasteiger partial charge is 0.490 e. The molecule has 10 nitrogen and oxygen atoms in total. The summed E-state index contributed by atoms with van der Waals surface area (Å²) in [6, 6.07) is 10.9. The van der Waals surface area contributed by atoms with Crippen molar-refractivity contribution in [1.29, 1.82) is 0 Å². The second kappa shape index (κ2) is 10.6. The van der Waals surface area contributed by atoms with Crippen molar-refractivity contribution in [3.05, 3.63) is 60.7 Å². The lowest BCUT2D eigenvalue weighted by molar-refractivity contribution is -0.199. The number of halogens is 4. The average molecular weight is 553 g/mol. The van der Waals surface area contributed by atoms with E-state index >= 15 is 4.39 Å². The number of carbonyl (C=O) groups is 1. The minimum Gasteiger partial charge on any atom is -0.459 e. The Morgan fingerprint density at radius 2 is 1.92 bits per heavy atom. The van der Waals surface area contributed by atoms with Crippen LogP contribution in [0.2, 0.25) is 0 Å². The molecule has 0 bridgehead atoms. The van der Waals surface area contributed by atoms with Crippen LogP contribution in [0.3, 0.4) is 0 Å². The highest BCUT2D eigenvalue weighted by molar-refractivity contribution is 7.90. The Morgan fingerprint density at radius 3 is 2.66 bits per heavy atom. The third kappa shape index (κ3) is 6.16. The number of benzene rings is 2. The lowest BCUT2D eigenvalue weighted by atomic mass is 10.2. The van der Waals surface area contributed by atoms with Gasteiger partial charge in [0, 0.05) is 23.9 Å². The molecular formula is C23H20F4N6O4S. The molecule has 2 N–H and O–H groups in total. The number of anilines is 4. The lowest BCUT2D eigenvalue weighted by Gasteiger charge is -2.25. The Bertz CT molecular complexity index is 1580. The van der Waals surface area contributed by atoms with Gasteiger partial charge in [0.1, 0.15) is 0 Å². The van der Waals surface area contributed by atoms with Gasteiger partial charge in [-0.3, -0.25) is 5.10 Å². The molecule has 0 aliphatic carbocycles. The predicted molar refractivity (Wildman–Crippen MR) is 130 cm³/mol. The number of hydrogen-bond donors (Lipinski definition) is 2. The van der Waals surface area contributed by atoms with Gasteiger partial charge in [0.15, 0.2) is 21.5 Å². The molecular weight excluding hydrogens is 532 g/mol. The molecule has 15 heteroatoms. The van der Waals surface area contributed by atoms with Gasteiger partial charge in [0.25, 0.3) is 0 Å². The third-order valence-electron chi connectivity index (χ3n) is 5.24. The van der Waals surface area contributed by atoms with Gasteiger partial charge in [-0.2, -0.15) is 23.3 Å². The van der Waals surface area contributed by atoms with Crippen LogP contribution >= 0.6 is 0 Å². The number of H-pyrrole nitrogens is 1. The van der Waals surface area contributed by atoms with Crippen LogP contribution in [0.25, 0.3) is 10.9 Å². The summed E-state index contributed by atoms with van der Waals surface area (Å²) in [5.41, 5.74) is 1.37. The maximum absolute atomic E-state index is 15.1. The molecule has 0 spiro atoms. The first-order chi connectivity index (χ1) is 17.9. The quantitative estimate of drug-likeness (QED) is 0.178. The Kier molecular flexibility index (Phi) is 7.48. The van der Waals surface area contributed by atoms with Crippen LogP contribution < -0.4 is 10.2 Å². The Balaban J connectivity index is 1.65. The number of alkyl halides is 3. The van der Waals surface area contributed by atoms with Gasteiger partial charge in [-0.25, -0.2) is 22.6 Å². The number of ether oxygens (including phenoxy) is 1. The summed E-state index contributed by atoms with van der Waals surface area (Å²) in [7, 11) is -3.49. The molecule has 0 saturated heterocycles. The maximum atomic E-state index is 15.1. The lowest BCUT2D eigenvalue weighted by Crippen LogP contribution is -2.27. The van der Waals surface area contributed by atoms with Crippen molar-refractivity contribution in [2.45, 2.75) is 17.5 Å². The van der Waals surface area contributed by atoms with E-state index in [0.717, 1.165) is 12.5 Å². The highest BCUT2D eigenvalue weighted by Gasteiger charge is 2.40. The first-order valence-corrected chi connectivity index (χ1v) is 12.9. The number of sulfone groups is 1. The second-order valence-corrected chi connectivity index (χ2v) is 10.1. The van der Waals surface area contributed by atoms with Gasteiger partial charge >= 0.3 is 12.1 Å². The zero-order valence-corrected chi connectivity index (χ0v) is 20.5. The van der Waals surface area contributed by atoms with Gasteiger partial charge < -0.3 is 15.0 Å². The minimum atomic E-state index is -5.13. The molecule has 0 aliphatic heterocycles. The third-order valence-corrected chi connectivity index (χ3v) is 6.35. The van der Waals surface area contributed by atoms with E-state index in [0.29, 0.717) is 22.3 Å². The van der Waals surface area contributed by atoms with E-state index in [2.05, 4.69) is 30.2 Å². The number of nitrogens with zero attached hydrogens (tertiary/aromatic N) is 4. The summed E-state index contributed by atoms with van der Waals surface area (Å²) < 4.78 is 80.5. The fourth-order valence-corrected chi connectivity index (χ4v) is 4.21. The SMILES string of the molecule is CS(=O)(=O)c1cccc(Nc2ncc(F)c(N(CCCOC(=O)C(F)(F)F)c3cccc4[nH]ncc34)n2)c1. The van der Waals surface area contributed by atoms with Crippen LogP contribution in [0, 0.1) is 5.82 Å². The second-order valence-electron chi connectivity index (χ2n) is 8.04. The number of rotatable bonds is 9. The summed E-state index contributed by atoms with van der Waals surface area (Å²) in [4.78, 5) is 20.6. The molecule has 4 aromatic rings. The summed E-state index contributed by atoms with van der Waals surface area (Å²) >= 11 is 0. The zero-order valence-electron chi connectivity index (χ0n) is 19.7. The van der Waals surface area contributed by atoms with Crippen LogP contribution in [0.1, 0.15) is 6.42 Å². The number of hydrogen-bond acceptors (Lipinski definition) is 9. The van der Waals surface area contributed by atoms with Gasteiger partial charge in [-0.1, -0.05) is 12.1 Å². The minimum absolute atomic E-state index is 0.0477. The smallest absolute Gasteiger partial charge is 0.459 e. The Morgan fingerprint density at radius 1 is 1.16 bits per heavy atom. The number of nitrogens with one attached hydrogen (secondary N) is 2. The molecule has 0 radical (unpaired) electrons. The maximum Gasteiger partial charge on any atom is 0.490 e. The monoisotopic (exact) mass is 552 g/mol. The van der Waals surface area contributed by atoms with E-state index in [-0.39, 0.29) is 29.6 Å². The molecule has 200 valence electrons. The van der Waals surface area contributed by atoms with Gasteiger partial charge in [-0.05, 0) is 36.8 Å². The van der Waals surface area contributed by atoms with Crippen molar-refractivity contribution < 1.29 is 35.5 Å². The first kappa shape index (κ1) is 26.8. The van der Waals surface area contributed by atoms with Crippen molar-refractivity contribution >= 4 is 49.9 Å². The first-order valence-electron chi connectivity index (χ1n) is 11.0. The molecule has 0 fully saturated rings. The molecule has 0 aliphatic rings. The van der Waals surface area contributed by atoms with Crippen molar-refractivity contribution in [2.75, 3.05) is 29.6 Å². The number of aromatic nitrogens is 4. The van der Waals surface area contributed by atoms with E-state index in [1.165, 1.54) is 29.3 Å². The van der Waals surface area contributed by atoms with E-state index in [4.69, 9.17) is 0 Å². The van der Waals surface area contributed by atoms with E-state index in [9.17, 15) is 26.4 Å². The topological polar surface area (TPSA) is 130 Å². The van der Waals surface area contributed by atoms with Crippen LogP contribution in [-0.2, 0) is 19.4 Å². The average Bonchev–Trinajstić information content (AvgIpc) is 3.34. The molecule has 0 atom stereocenters. The van der Waals surface area contributed by atoms with Crippen LogP contribution in [0.4, 0.5) is 40.7 Å².